The number of esters is 1. The molecule has 0 bridgehead atoms. The molecule has 0 fully saturated rings. The first-order valence-corrected chi connectivity index (χ1v) is 6.04. The van der Waals surface area contributed by atoms with Gasteiger partial charge < -0.3 is 4.74 Å². The predicted molar refractivity (Wildman–Crippen MR) is 55.4 cm³/mol. The van der Waals surface area contributed by atoms with Crippen LogP contribution < -0.4 is 0 Å². The summed E-state index contributed by atoms with van der Waals surface area (Å²) in [5.74, 6) is -3.85. The third kappa shape index (κ3) is 4.91. The maximum absolute atomic E-state index is 11.3. The lowest BCUT2D eigenvalue weighted by atomic mass is 10.2. The van der Waals surface area contributed by atoms with Gasteiger partial charge in [-0.1, -0.05) is 0 Å². The molecule has 2 amide bonds. The molecule has 0 saturated heterocycles. The summed E-state index contributed by atoms with van der Waals surface area (Å²) >= 11 is 0. The summed E-state index contributed by atoms with van der Waals surface area (Å²) in [6.07, 6.45) is 0. The largest absolute Gasteiger partial charge is 0.467 e. The number of nitrogens with zero attached hydrogens (tertiary/aromatic N) is 1. The number of hydrogen-bond donors (Lipinski definition) is 1. The minimum atomic E-state index is -4.54. The summed E-state index contributed by atoms with van der Waals surface area (Å²) in [7, 11) is -3.57. The molecule has 0 radical (unpaired) electrons. The summed E-state index contributed by atoms with van der Waals surface area (Å²) in [4.78, 5) is 34.0. The second-order valence-corrected chi connectivity index (χ2v) is 4.69. The molecule has 0 rings (SSSR count). The molecule has 0 aromatic carbocycles. The normalized spacial score (nSPS) is 12.7. The molecule has 0 aliphatic rings. The van der Waals surface area contributed by atoms with E-state index in [9.17, 15) is 22.8 Å². The van der Waals surface area contributed by atoms with Gasteiger partial charge in [-0.2, -0.15) is 8.42 Å². The van der Waals surface area contributed by atoms with Crippen LogP contribution in [0.4, 0.5) is 0 Å². The SMILES string of the molecule is COC(=O)[C@H](CS(=O)(=O)O)N(C(C)=O)C(C)=O. The van der Waals surface area contributed by atoms with Gasteiger partial charge in [0.2, 0.25) is 11.8 Å². The maximum Gasteiger partial charge on any atom is 0.330 e. The van der Waals surface area contributed by atoms with Crippen molar-refractivity contribution >= 4 is 27.9 Å². The molecule has 1 atom stereocenters. The minimum Gasteiger partial charge on any atom is -0.467 e. The van der Waals surface area contributed by atoms with E-state index in [1.807, 2.05) is 0 Å². The van der Waals surface area contributed by atoms with Crippen LogP contribution in [-0.2, 0) is 29.2 Å². The zero-order chi connectivity index (χ0) is 13.8. The van der Waals surface area contributed by atoms with Gasteiger partial charge in [-0.05, 0) is 0 Å². The molecule has 0 aliphatic carbocycles. The highest BCUT2D eigenvalue weighted by atomic mass is 32.2. The van der Waals surface area contributed by atoms with E-state index in [4.69, 9.17) is 4.55 Å². The quantitative estimate of drug-likeness (QED) is 0.502. The number of methoxy groups -OCH3 is 1. The molecule has 0 heterocycles. The Morgan fingerprint density at radius 3 is 1.88 bits per heavy atom. The van der Waals surface area contributed by atoms with Crippen LogP contribution in [0.25, 0.3) is 0 Å². The molecule has 17 heavy (non-hydrogen) atoms. The van der Waals surface area contributed by atoms with E-state index >= 15 is 0 Å². The Bertz CT molecular complexity index is 413. The van der Waals surface area contributed by atoms with Crippen LogP contribution in [0.5, 0.6) is 0 Å². The van der Waals surface area contributed by atoms with Crippen LogP contribution in [0.3, 0.4) is 0 Å². The lowest BCUT2D eigenvalue weighted by Crippen LogP contribution is -2.50. The van der Waals surface area contributed by atoms with Crippen LogP contribution in [0.1, 0.15) is 13.8 Å². The van der Waals surface area contributed by atoms with Gasteiger partial charge in [0.05, 0.1) is 7.11 Å². The fourth-order valence-electron chi connectivity index (χ4n) is 1.24. The van der Waals surface area contributed by atoms with Crippen molar-refractivity contribution in [2.75, 3.05) is 12.9 Å². The smallest absolute Gasteiger partial charge is 0.330 e. The molecule has 0 spiro atoms. The van der Waals surface area contributed by atoms with E-state index in [1.54, 1.807) is 0 Å². The summed E-state index contributed by atoms with van der Waals surface area (Å²) in [6.45, 7) is 1.97. The lowest BCUT2D eigenvalue weighted by Gasteiger charge is -2.24. The molecule has 8 nitrogen and oxygen atoms in total. The number of amides is 2. The molecule has 0 saturated carbocycles. The highest BCUT2D eigenvalue weighted by molar-refractivity contribution is 7.85. The van der Waals surface area contributed by atoms with Crippen LogP contribution in [0, 0.1) is 0 Å². The first-order valence-electron chi connectivity index (χ1n) is 4.43. The Balaban J connectivity index is 5.35. The summed E-state index contributed by atoms with van der Waals surface area (Å²) in [6, 6.07) is -1.69. The van der Waals surface area contributed by atoms with Gasteiger partial charge in [0.1, 0.15) is 5.75 Å². The van der Waals surface area contributed by atoms with E-state index in [0.29, 0.717) is 4.90 Å². The van der Waals surface area contributed by atoms with Crippen molar-refractivity contribution in [3.8, 4) is 0 Å². The molecule has 1 N–H and O–H groups in total. The van der Waals surface area contributed by atoms with Gasteiger partial charge in [-0.15, -0.1) is 0 Å². The fraction of sp³-hybridized carbons (Fsp3) is 0.625. The van der Waals surface area contributed by atoms with Crippen LogP contribution in [-0.4, -0.2) is 54.6 Å². The average molecular weight is 267 g/mol. The number of hydrogen-bond acceptors (Lipinski definition) is 6. The van der Waals surface area contributed by atoms with E-state index in [2.05, 4.69) is 4.74 Å². The van der Waals surface area contributed by atoms with Gasteiger partial charge in [-0.25, -0.2) is 4.79 Å². The van der Waals surface area contributed by atoms with Crippen molar-refractivity contribution < 1.29 is 32.1 Å². The molecule has 98 valence electrons. The van der Waals surface area contributed by atoms with Crippen LogP contribution >= 0.6 is 0 Å². The third-order valence-corrected chi connectivity index (χ3v) is 2.57. The number of rotatable bonds is 4. The van der Waals surface area contributed by atoms with Gasteiger partial charge in [0.25, 0.3) is 10.1 Å². The van der Waals surface area contributed by atoms with Crippen molar-refractivity contribution in [3.05, 3.63) is 0 Å². The third-order valence-electron chi connectivity index (χ3n) is 1.83. The second kappa shape index (κ2) is 5.73. The highest BCUT2D eigenvalue weighted by Crippen LogP contribution is 2.06. The Kier molecular flexibility index (Phi) is 5.23. The number of imide groups is 1. The topological polar surface area (TPSA) is 118 Å². The van der Waals surface area contributed by atoms with E-state index in [1.165, 1.54) is 0 Å². The average Bonchev–Trinajstić information content (AvgIpc) is 2.12. The Morgan fingerprint density at radius 2 is 1.65 bits per heavy atom. The second-order valence-electron chi connectivity index (χ2n) is 3.20. The molecule has 0 aliphatic heterocycles. The monoisotopic (exact) mass is 267 g/mol. The van der Waals surface area contributed by atoms with Crippen molar-refractivity contribution in [2.24, 2.45) is 0 Å². The predicted octanol–water partition coefficient (Wildman–Crippen LogP) is -1.19. The summed E-state index contributed by atoms with van der Waals surface area (Å²) < 4.78 is 34.4. The van der Waals surface area contributed by atoms with Crippen molar-refractivity contribution in [1.82, 2.24) is 4.90 Å². The number of ether oxygens (including phenoxy) is 1. The number of carbonyl (C=O) groups is 3. The zero-order valence-corrected chi connectivity index (χ0v) is 10.4. The molecule has 0 unspecified atom stereocenters. The Hall–Kier alpha value is -1.48. The van der Waals surface area contributed by atoms with Gasteiger partial charge in [-0.3, -0.25) is 19.0 Å². The summed E-state index contributed by atoms with van der Waals surface area (Å²) in [5.41, 5.74) is 0. The van der Waals surface area contributed by atoms with Gasteiger partial charge >= 0.3 is 5.97 Å². The van der Waals surface area contributed by atoms with Crippen molar-refractivity contribution in [3.63, 3.8) is 0 Å². The van der Waals surface area contributed by atoms with Crippen molar-refractivity contribution in [2.45, 2.75) is 19.9 Å². The van der Waals surface area contributed by atoms with E-state index < -0.39 is 39.7 Å². The van der Waals surface area contributed by atoms with Gasteiger partial charge in [0.15, 0.2) is 6.04 Å². The zero-order valence-electron chi connectivity index (χ0n) is 9.54. The molecule has 9 heteroatoms. The molecular formula is C8H13NO7S. The Morgan fingerprint density at radius 1 is 1.24 bits per heavy atom. The lowest BCUT2D eigenvalue weighted by molar-refractivity contribution is -0.157. The highest BCUT2D eigenvalue weighted by Gasteiger charge is 2.35. The van der Waals surface area contributed by atoms with Crippen LogP contribution in [0.15, 0.2) is 0 Å². The first kappa shape index (κ1) is 15.5. The van der Waals surface area contributed by atoms with Crippen molar-refractivity contribution in [1.29, 1.82) is 0 Å². The maximum atomic E-state index is 11.3. The van der Waals surface area contributed by atoms with Crippen LogP contribution in [0.2, 0.25) is 0 Å². The fourth-order valence-corrected chi connectivity index (χ4v) is 1.93. The molecular weight excluding hydrogens is 254 g/mol. The standard InChI is InChI=1S/C8H13NO7S/c1-5(10)9(6(2)11)7(8(12)16-3)4-17(13,14)15/h7H,4H2,1-3H3,(H,13,14,15)/t7-/m0/s1. The summed E-state index contributed by atoms with van der Waals surface area (Å²) in [5, 5.41) is 0. The molecule has 0 aromatic heterocycles. The molecule has 0 aromatic rings. The van der Waals surface area contributed by atoms with Gasteiger partial charge in [0, 0.05) is 13.8 Å². The number of carbonyl (C=O) groups excluding carboxylic acids is 3. The van der Waals surface area contributed by atoms with E-state index in [-0.39, 0.29) is 0 Å². The minimum absolute atomic E-state index is 0.416. The first-order chi connectivity index (χ1) is 7.60. The Labute approximate surface area is 98.3 Å². The van der Waals surface area contributed by atoms with E-state index in [0.717, 1.165) is 21.0 Å².